The molecule has 0 saturated carbocycles. The Hall–Kier alpha value is 1.19. The van der Waals surface area contributed by atoms with E-state index in [2.05, 4.69) is 11.6 Å². The van der Waals surface area contributed by atoms with Crippen molar-refractivity contribution >= 4 is 7.82 Å². The van der Waals surface area contributed by atoms with Crippen LogP contribution in [0.15, 0.2) is 24.3 Å². The third kappa shape index (κ3) is 13.2. The second kappa shape index (κ2) is 16.0. The average molecular weight is 427 g/mol. The van der Waals surface area contributed by atoms with Crippen LogP contribution in [0.1, 0.15) is 85.0 Å². The monoisotopic (exact) mass is 426 g/mol. The molecule has 0 aromatic heterocycles. The summed E-state index contributed by atoms with van der Waals surface area (Å²) in [6, 6.07) is 0. The van der Waals surface area contributed by atoms with E-state index in [9.17, 15) is 9.46 Å². The summed E-state index contributed by atoms with van der Waals surface area (Å²) in [4.78, 5) is 16.8. The molecule has 0 heterocycles. The maximum Gasteiger partial charge on any atom is 1.00 e. The van der Waals surface area contributed by atoms with E-state index < -0.39 is 13.4 Å². The predicted octanol–water partition coefficient (Wildman–Crippen LogP) is 2.87. The van der Waals surface area contributed by atoms with Gasteiger partial charge in [-0.3, -0.25) is 4.57 Å². The first-order valence-electron chi connectivity index (χ1n) is 10.1. The molecule has 3 unspecified atom stereocenters. The van der Waals surface area contributed by atoms with Gasteiger partial charge in [0.2, 0.25) is 0 Å². The van der Waals surface area contributed by atoms with Crippen molar-refractivity contribution in [3.63, 3.8) is 0 Å². The van der Waals surface area contributed by atoms with E-state index in [-0.39, 0.29) is 63.9 Å². The van der Waals surface area contributed by atoms with Crippen molar-refractivity contribution in [3.8, 4) is 0 Å². The quantitative estimate of drug-likeness (QED) is 0.132. The van der Waals surface area contributed by atoms with Crippen LogP contribution in [0.4, 0.5) is 0 Å². The third-order valence-electron chi connectivity index (χ3n) is 4.88. The molecule has 0 spiro atoms. The maximum absolute atomic E-state index is 11.9. The molecule has 0 N–H and O–H groups in total. The normalized spacial score (nSPS) is 23.8. The molecular weight excluding hydrogens is 390 g/mol. The Balaban J connectivity index is 0.00000676. The van der Waals surface area contributed by atoms with Crippen molar-refractivity contribution in [2.24, 2.45) is 5.92 Å². The smallest absolute Gasteiger partial charge is 0.754 e. The van der Waals surface area contributed by atoms with Gasteiger partial charge in [-0.15, -0.1) is 0 Å². The van der Waals surface area contributed by atoms with Crippen LogP contribution in [-0.2, 0) is 18.7 Å². The van der Waals surface area contributed by atoms with Gasteiger partial charge >= 0.3 is 51.4 Å². The Morgan fingerprint density at radius 1 is 1.00 bits per heavy atom. The molecule has 0 bridgehead atoms. The molecule has 1 rings (SSSR count). The standard InChI is InChI=1S/C20H37O5P.K/c1-4-5-6-7-8-9-10-11-12-15-18-23-25-26(21,22)24-20(3)17-14-13-16-19(20)2;/h13-14,16-17,19H,4-12,15,18H2,1-3H3,(H,21,22);/q;+1/p-1. The first-order valence-corrected chi connectivity index (χ1v) is 11.5. The fourth-order valence-electron chi connectivity index (χ4n) is 2.94. The predicted molar refractivity (Wildman–Crippen MR) is 103 cm³/mol. The number of phosphoric ester groups is 1. The minimum atomic E-state index is -4.50. The molecule has 0 saturated heterocycles. The van der Waals surface area contributed by atoms with Crippen LogP contribution in [0.2, 0.25) is 0 Å². The summed E-state index contributed by atoms with van der Waals surface area (Å²) in [5.41, 5.74) is -0.938. The molecule has 0 amide bonds. The average Bonchev–Trinajstić information content (AvgIpc) is 2.58. The van der Waals surface area contributed by atoms with Gasteiger partial charge in [-0.2, -0.15) is 4.67 Å². The van der Waals surface area contributed by atoms with E-state index in [0.29, 0.717) is 0 Å². The summed E-state index contributed by atoms with van der Waals surface area (Å²) in [5, 5.41) is 0. The molecule has 0 fully saturated rings. The largest absolute Gasteiger partial charge is 1.00 e. The molecule has 1 aliphatic carbocycles. The first kappa shape index (κ1) is 28.2. The molecule has 3 atom stereocenters. The Bertz CT molecular complexity index is 483. The van der Waals surface area contributed by atoms with Crippen LogP contribution in [-0.4, -0.2) is 12.2 Å². The Morgan fingerprint density at radius 2 is 1.56 bits per heavy atom. The van der Waals surface area contributed by atoms with E-state index in [1.807, 2.05) is 19.1 Å². The van der Waals surface area contributed by atoms with Gasteiger partial charge in [0.15, 0.2) is 0 Å². The third-order valence-corrected chi connectivity index (χ3v) is 5.78. The van der Waals surface area contributed by atoms with E-state index in [4.69, 9.17) is 9.41 Å². The molecule has 0 aromatic rings. The summed E-state index contributed by atoms with van der Waals surface area (Å²) in [6.45, 7) is 6.10. The minimum absolute atomic E-state index is 0. The van der Waals surface area contributed by atoms with Crippen molar-refractivity contribution < 1.29 is 74.9 Å². The topological polar surface area (TPSA) is 67.8 Å². The second-order valence-corrected chi connectivity index (χ2v) is 8.56. The van der Waals surface area contributed by atoms with Crippen LogP contribution in [0, 0.1) is 5.92 Å². The zero-order valence-corrected chi connectivity index (χ0v) is 21.7. The van der Waals surface area contributed by atoms with Gasteiger partial charge < -0.3 is 9.42 Å². The SMILES string of the molecule is CCCCCCCCCCCCOOP(=O)([O-])OC1(C)C=CC=CC1C.[K+]. The van der Waals surface area contributed by atoms with Gasteiger partial charge in [-0.05, 0) is 13.3 Å². The number of phosphoric acid groups is 1. The summed E-state index contributed by atoms with van der Waals surface area (Å²) in [5.74, 6) is -0.0691. The van der Waals surface area contributed by atoms with E-state index >= 15 is 0 Å². The number of unbranched alkanes of at least 4 members (excludes halogenated alkanes) is 9. The van der Waals surface area contributed by atoms with E-state index in [1.165, 1.54) is 44.9 Å². The number of hydrogen-bond acceptors (Lipinski definition) is 5. The van der Waals surface area contributed by atoms with E-state index in [0.717, 1.165) is 19.3 Å². The molecule has 0 aliphatic heterocycles. The molecule has 0 radical (unpaired) electrons. The first-order chi connectivity index (χ1) is 12.4. The molecular formula is C20H36KO5P. The van der Waals surface area contributed by atoms with Gasteiger partial charge in [-0.25, -0.2) is 4.89 Å². The fraction of sp³-hybridized carbons (Fsp3) is 0.800. The van der Waals surface area contributed by atoms with Gasteiger partial charge in [0.05, 0.1) is 12.2 Å². The number of allylic oxidation sites excluding steroid dienone is 2. The van der Waals surface area contributed by atoms with Gasteiger partial charge in [0.25, 0.3) is 7.82 Å². The maximum atomic E-state index is 11.9. The minimum Gasteiger partial charge on any atom is -0.754 e. The van der Waals surface area contributed by atoms with Crippen LogP contribution in [0.5, 0.6) is 0 Å². The summed E-state index contributed by atoms with van der Waals surface area (Å²) in [7, 11) is -4.50. The summed E-state index contributed by atoms with van der Waals surface area (Å²) < 4.78 is 21.7. The molecule has 5 nitrogen and oxygen atoms in total. The Labute approximate surface area is 208 Å². The van der Waals surface area contributed by atoms with E-state index in [1.54, 1.807) is 19.1 Å². The van der Waals surface area contributed by atoms with Gasteiger partial charge in [0, 0.05) is 5.92 Å². The van der Waals surface area contributed by atoms with Crippen LogP contribution in [0.3, 0.4) is 0 Å². The van der Waals surface area contributed by atoms with Gasteiger partial charge in [0.1, 0.15) is 0 Å². The van der Waals surface area contributed by atoms with Crippen LogP contribution >= 0.6 is 7.82 Å². The fourth-order valence-corrected chi connectivity index (χ4v) is 3.88. The molecule has 1 aliphatic rings. The van der Waals surface area contributed by atoms with Crippen molar-refractivity contribution in [1.82, 2.24) is 0 Å². The Kier molecular flexibility index (Phi) is 16.7. The summed E-state index contributed by atoms with van der Waals surface area (Å²) in [6.07, 6.45) is 19.3. The van der Waals surface area contributed by atoms with Crippen molar-refractivity contribution in [1.29, 1.82) is 0 Å². The number of rotatable bonds is 15. The van der Waals surface area contributed by atoms with Gasteiger partial charge in [-0.1, -0.05) is 95.9 Å². The Morgan fingerprint density at radius 3 is 2.11 bits per heavy atom. The zero-order valence-electron chi connectivity index (χ0n) is 17.7. The molecule has 152 valence electrons. The molecule has 7 heteroatoms. The molecule has 27 heavy (non-hydrogen) atoms. The summed E-state index contributed by atoms with van der Waals surface area (Å²) >= 11 is 0. The van der Waals surface area contributed by atoms with Crippen molar-refractivity contribution in [2.75, 3.05) is 6.61 Å². The second-order valence-electron chi connectivity index (χ2n) is 7.33. The number of hydrogen-bond donors (Lipinski definition) is 0. The van der Waals surface area contributed by atoms with Crippen LogP contribution in [0.25, 0.3) is 0 Å². The van der Waals surface area contributed by atoms with Crippen LogP contribution < -0.4 is 56.3 Å². The zero-order chi connectivity index (χ0) is 19.3. The van der Waals surface area contributed by atoms with Crippen molar-refractivity contribution in [3.05, 3.63) is 24.3 Å². The van der Waals surface area contributed by atoms with Crippen molar-refractivity contribution in [2.45, 2.75) is 90.6 Å². The molecule has 0 aromatic carbocycles.